The molecule has 16 heteroatoms. The lowest BCUT2D eigenvalue weighted by molar-refractivity contribution is -0.138. The number of aliphatic hydroxyl groups excluding tert-OH is 1. The minimum atomic E-state index is -4.65. The van der Waals surface area contributed by atoms with E-state index < -0.39 is 37.9 Å². The number of hydrogen-bond acceptors (Lipinski definition) is 8. The summed E-state index contributed by atoms with van der Waals surface area (Å²) in [5.41, 5.74) is 1.16. The van der Waals surface area contributed by atoms with Crippen molar-refractivity contribution in [3.63, 3.8) is 0 Å². The van der Waals surface area contributed by atoms with E-state index in [1.54, 1.807) is 22.9 Å². The molecule has 11 nitrogen and oxygen atoms in total. The Balaban J connectivity index is 1.41. The number of fused-ring (bicyclic) bond motifs is 1. The topological polar surface area (TPSA) is 134 Å². The Hall–Kier alpha value is -2.86. The van der Waals surface area contributed by atoms with Crippen molar-refractivity contribution in [1.82, 2.24) is 23.7 Å². The average molecular weight is 686 g/mol. The second kappa shape index (κ2) is 14.1. The molecule has 1 saturated heterocycles. The van der Waals surface area contributed by atoms with Crippen LogP contribution in [0.25, 0.3) is 11.3 Å². The van der Waals surface area contributed by atoms with E-state index >= 15 is 0 Å². The molecular formula is C30H38F3N5O6S2. The highest BCUT2D eigenvalue weighted by molar-refractivity contribution is 7.89. The molecule has 2 aromatic carbocycles. The van der Waals surface area contributed by atoms with Gasteiger partial charge in [-0.3, -0.25) is 9.58 Å². The molecule has 0 aliphatic carbocycles. The Kier molecular flexibility index (Phi) is 10.6. The van der Waals surface area contributed by atoms with Gasteiger partial charge in [0.25, 0.3) is 0 Å². The number of aliphatic hydroxyl groups is 1. The van der Waals surface area contributed by atoms with Gasteiger partial charge >= 0.3 is 6.18 Å². The van der Waals surface area contributed by atoms with Crippen molar-refractivity contribution in [3.8, 4) is 11.3 Å². The number of sulfonamides is 2. The number of benzene rings is 2. The van der Waals surface area contributed by atoms with Crippen molar-refractivity contribution < 1.29 is 39.9 Å². The number of alkyl halides is 3. The van der Waals surface area contributed by atoms with E-state index in [0.717, 1.165) is 18.0 Å². The first-order valence-corrected chi connectivity index (χ1v) is 18.3. The number of nitrogens with one attached hydrogen (secondary N) is 1. The first kappa shape index (κ1) is 34.5. The van der Waals surface area contributed by atoms with Crippen LogP contribution in [0.2, 0.25) is 0 Å². The van der Waals surface area contributed by atoms with E-state index in [2.05, 4.69) is 9.62 Å². The molecule has 2 aliphatic heterocycles. The molecular weight excluding hydrogens is 647 g/mol. The first-order valence-electron chi connectivity index (χ1n) is 15.0. The number of morpholine rings is 1. The van der Waals surface area contributed by atoms with Crippen LogP contribution in [0.15, 0.2) is 53.4 Å². The Morgan fingerprint density at radius 2 is 1.74 bits per heavy atom. The summed E-state index contributed by atoms with van der Waals surface area (Å²) in [6, 6.07) is 11.4. The summed E-state index contributed by atoms with van der Waals surface area (Å²) in [4.78, 5) is 2.14. The van der Waals surface area contributed by atoms with E-state index in [-0.39, 0.29) is 49.5 Å². The highest BCUT2D eigenvalue weighted by Gasteiger charge is 2.35. The van der Waals surface area contributed by atoms with Crippen LogP contribution in [0.5, 0.6) is 0 Å². The van der Waals surface area contributed by atoms with Gasteiger partial charge in [0.1, 0.15) is 0 Å². The molecule has 3 aromatic rings. The number of halogens is 3. The number of aromatic nitrogens is 2. The molecule has 1 unspecified atom stereocenters. The standard InChI is InChI=1S/C30H38F3N5O6S2/c1-45(40,41)37-13-11-28-26(21-37)29(35-38(28)20-24(39)19-36-14-16-44-17-15-36)23-9-10-27(30(31,32)33)22(18-23)6-5-12-34-46(42,43)25-7-3-2-4-8-25/h2-4,7-10,18,24,34,39H,5-6,11-17,19-21H2,1H3. The van der Waals surface area contributed by atoms with Crippen molar-refractivity contribution >= 4 is 20.0 Å². The van der Waals surface area contributed by atoms with Gasteiger partial charge in [-0.1, -0.05) is 24.3 Å². The van der Waals surface area contributed by atoms with Crippen LogP contribution in [0.1, 0.15) is 28.8 Å². The summed E-state index contributed by atoms with van der Waals surface area (Å²) in [6.07, 6.45) is -3.97. The van der Waals surface area contributed by atoms with E-state index in [0.29, 0.717) is 56.1 Å². The SMILES string of the molecule is CS(=O)(=O)N1CCc2c(c(-c3ccc(C(F)(F)F)c(CCCNS(=O)(=O)c4ccccc4)c3)nn2CC(O)CN2CCOCC2)C1. The zero-order valence-corrected chi connectivity index (χ0v) is 27.0. The lowest BCUT2D eigenvalue weighted by Crippen LogP contribution is -2.42. The van der Waals surface area contributed by atoms with Crippen LogP contribution >= 0.6 is 0 Å². The van der Waals surface area contributed by atoms with Crippen LogP contribution < -0.4 is 4.72 Å². The normalized spacial score (nSPS) is 17.6. The number of β-amino-alcohol motifs (C(OH)–C–C–N with tert-alkyl or cyclic N) is 1. The van der Waals surface area contributed by atoms with Gasteiger partial charge in [0.15, 0.2) is 0 Å². The maximum absolute atomic E-state index is 14.1. The smallest absolute Gasteiger partial charge is 0.390 e. The summed E-state index contributed by atoms with van der Waals surface area (Å²) in [5.74, 6) is 0. The Labute approximate surface area is 267 Å². The van der Waals surface area contributed by atoms with Gasteiger partial charge in [0.05, 0.1) is 48.3 Å². The maximum Gasteiger partial charge on any atom is 0.416 e. The molecule has 46 heavy (non-hydrogen) atoms. The number of ether oxygens (including phenoxy) is 1. The summed E-state index contributed by atoms with van der Waals surface area (Å²) >= 11 is 0. The molecule has 5 rings (SSSR count). The highest BCUT2D eigenvalue weighted by atomic mass is 32.2. The predicted octanol–water partition coefficient (Wildman–Crippen LogP) is 2.49. The lowest BCUT2D eigenvalue weighted by Gasteiger charge is -2.29. The number of rotatable bonds is 12. The molecule has 0 bridgehead atoms. The Morgan fingerprint density at radius 1 is 1.02 bits per heavy atom. The third-order valence-corrected chi connectivity index (χ3v) is 10.9. The van der Waals surface area contributed by atoms with Crippen molar-refractivity contribution in [2.75, 3.05) is 52.2 Å². The largest absolute Gasteiger partial charge is 0.416 e. The lowest BCUT2D eigenvalue weighted by atomic mass is 9.95. The molecule has 2 aliphatic rings. The maximum atomic E-state index is 14.1. The quantitative estimate of drug-likeness (QED) is 0.278. The number of hydrogen-bond donors (Lipinski definition) is 2. The van der Waals surface area contributed by atoms with Crippen LogP contribution in [0.4, 0.5) is 13.2 Å². The van der Waals surface area contributed by atoms with Gasteiger partial charge in [-0.05, 0) is 42.7 Å². The van der Waals surface area contributed by atoms with Gasteiger partial charge in [-0.25, -0.2) is 21.6 Å². The fourth-order valence-corrected chi connectivity index (χ4v) is 7.75. The zero-order chi connectivity index (χ0) is 33.1. The van der Waals surface area contributed by atoms with Gasteiger partial charge in [0, 0.05) is 62.5 Å². The van der Waals surface area contributed by atoms with Crippen LogP contribution in [0.3, 0.4) is 0 Å². The van der Waals surface area contributed by atoms with Crippen molar-refractivity contribution in [3.05, 3.63) is 70.9 Å². The third kappa shape index (κ3) is 8.34. The summed E-state index contributed by atoms with van der Waals surface area (Å²) in [7, 11) is -7.38. The Bertz CT molecular complexity index is 1730. The molecule has 0 radical (unpaired) electrons. The summed E-state index contributed by atoms with van der Waals surface area (Å²) < 4.78 is 103. The van der Waals surface area contributed by atoms with Crippen LogP contribution in [-0.4, -0.2) is 99.2 Å². The van der Waals surface area contributed by atoms with E-state index in [1.807, 2.05) is 0 Å². The molecule has 0 amide bonds. The van der Waals surface area contributed by atoms with E-state index in [4.69, 9.17) is 9.84 Å². The van der Waals surface area contributed by atoms with Crippen molar-refractivity contribution in [2.24, 2.45) is 0 Å². The van der Waals surface area contributed by atoms with Gasteiger partial charge < -0.3 is 9.84 Å². The minimum absolute atomic E-state index is 0.000675. The molecule has 1 atom stereocenters. The highest BCUT2D eigenvalue weighted by Crippen LogP contribution is 2.37. The van der Waals surface area contributed by atoms with E-state index in [1.165, 1.54) is 28.6 Å². The number of nitrogens with zero attached hydrogens (tertiary/aromatic N) is 4. The van der Waals surface area contributed by atoms with Crippen molar-refractivity contribution in [2.45, 2.75) is 49.5 Å². The molecule has 1 aromatic heterocycles. The van der Waals surface area contributed by atoms with Crippen LogP contribution in [0, 0.1) is 0 Å². The fourth-order valence-electron chi connectivity index (χ4n) is 5.86. The second-order valence-electron chi connectivity index (χ2n) is 11.6. The van der Waals surface area contributed by atoms with Gasteiger partial charge in [-0.15, -0.1) is 0 Å². The number of aryl methyl sites for hydroxylation is 1. The fraction of sp³-hybridized carbons (Fsp3) is 0.500. The molecule has 2 N–H and O–H groups in total. The van der Waals surface area contributed by atoms with Crippen molar-refractivity contribution in [1.29, 1.82) is 0 Å². The average Bonchev–Trinajstić information content (AvgIpc) is 3.36. The minimum Gasteiger partial charge on any atom is -0.390 e. The summed E-state index contributed by atoms with van der Waals surface area (Å²) in [5, 5.41) is 15.6. The summed E-state index contributed by atoms with van der Waals surface area (Å²) in [6.45, 7) is 3.18. The van der Waals surface area contributed by atoms with E-state index in [9.17, 15) is 35.1 Å². The molecule has 252 valence electrons. The molecule has 0 saturated carbocycles. The monoisotopic (exact) mass is 685 g/mol. The van der Waals surface area contributed by atoms with Crippen LogP contribution in [-0.2, 0) is 56.9 Å². The third-order valence-electron chi connectivity index (χ3n) is 8.18. The second-order valence-corrected chi connectivity index (χ2v) is 15.3. The first-order chi connectivity index (χ1) is 21.7. The zero-order valence-electron chi connectivity index (χ0n) is 25.4. The molecule has 0 spiro atoms. The predicted molar refractivity (Wildman–Crippen MR) is 165 cm³/mol. The Morgan fingerprint density at radius 3 is 2.41 bits per heavy atom. The molecule has 1 fully saturated rings. The van der Waals surface area contributed by atoms with Gasteiger partial charge in [0.2, 0.25) is 20.0 Å². The van der Waals surface area contributed by atoms with Gasteiger partial charge in [-0.2, -0.15) is 22.6 Å². The molecule has 3 heterocycles.